The Morgan fingerprint density at radius 1 is 1.47 bits per heavy atom. The number of hydrogen-bond donors (Lipinski definition) is 2. The van der Waals surface area contributed by atoms with E-state index in [0.29, 0.717) is 5.15 Å². The molecule has 0 aromatic carbocycles. The van der Waals surface area contributed by atoms with Crippen molar-refractivity contribution >= 4 is 11.6 Å². The Morgan fingerprint density at radius 2 is 2.29 bits per heavy atom. The molecule has 1 heterocycles. The van der Waals surface area contributed by atoms with Gasteiger partial charge in [-0.1, -0.05) is 37.8 Å². The summed E-state index contributed by atoms with van der Waals surface area (Å²) in [6.45, 7) is 4.08. The smallest absolute Gasteiger partial charge is 0.151 e. The monoisotopic (exact) mass is 255 g/mol. The van der Waals surface area contributed by atoms with Gasteiger partial charge in [0.15, 0.2) is 5.15 Å². The van der Waals surface area contributed by atoms with Crippen LogP contribution in [0.1, 0.15) is 50.5 Å². The lowest BCUT2D eigenvalue weighted by atomic mass is 10.2. The van der Waals surface area contributed by atoms with Crippen LogP contribution in [0.2, 0.25) is 5.15 Å². The predicted molar refractivity (Wildman–Crippen MR) is 71.3 cm³/mol. The Bertz CT molecular complexity index is 344. The summed E-state index contributed by atoms with van der Waals surface area (Å²) in [6, 6.07) is 0. The molecule has 1 aliphatic carbocycles. The van der Waals surface area contributed by atoms with E-state index in [2.05, 4.69) is 22.2 Å². The summed E-state index contributed by atoms with van der Waals surface area (Å²) < 4.78 is 0. The van der Waals surface area contributed by atoms with Crippen LogP contribution in [0.3, 0.4) is 0 Å². The minimum atomic E-state index is 0.634. The number of unbranched alkanes of at least 4 members (excludes halogenated alkanes) is 1. The number of nitrogens with one attached hydrogen (secondary N) is 2. The first-order valence-electron chi connectivity index (χ1n) is 6.73. The molecule has 17 heavy (non-hydrogen) atoms. The average Bonchev–Trinajstić information content (AvgIpc) is 3.07. The number of halogens is 1. The fourth-order valence-corrected chi connectivity index (χ4v) is 2.16. The van der Waals surface area contributed by atoms with E-state index in [4.69, 9.17) is 11.6 Å². The highest BCUT2D eigenvalue weighted by Gasteiger charge is 2.20. The van der Waals surface area contributed by atoms with E-state index in [-0.39, 0.29) is 0 Å². The van der Waals surface area contributed by atoms with Gasteiger partial charge in [0, 0.05) is 13.0 Å². The molecule has 0 radical (unpaired) electrons. The lowest BCUT2D eigenvalue weighted by Gasteiger charge is -2.02. The number of nitrogens with zero attached hydrogens (tertiary/aromatic N) is 1. The maximum atomic E-state index is 6.10. The zero-order valence-corrected chi connectivity index (χ0v) is 11.3. The molecule has 0 aliphatic heterocycles. The second-order valence-corrected chi connectivity index (χ2v) is 5.32. The van der Waals surface area contributed by atoms with Crippen molar-refractivity contribution in [3.8, 4) is 0 Å². The number of imidazole rings is 1. The molecule has 0 spiro atoms. The molecule has 2 rings (SSSR count). The molecule has 0 saturated heterocycles. The van der Waals surface area contributed by atoms with E-state index in [0.717, 1.165) is 36.9 Å². The van der Waals surface area contributed by atoms with Crippen molar-refractivity contribution in [2.75, 3.05) is 6.54 Å². The maximum Gasteiger partial charge on any atom is 0.151 e. The van der Waals surface area contributed by atoms with E-state index in [1.807, 2.05) is 0 Å². The summed E-state index contributed by atoms with van der Waals surface area (Å²) >= 11 is 6.10. The lowest BCUT2D eigenvalue weighted by Crippen LogP contribution is -2.15. The Morgan fingerprint density at radius 3 is 3.00 bits per heavy atom. The third kappa shape index (κ3) is 4.32. The van der Waals surface area contributed by atoms with Gasteiger partial charge in [0.2, 0.25) is 0 Å². The van der Waals surface area contributed by atoms with Gasteiger partial charge in [-0.15, -0.1) is 0 Å². The molecular formula is C13H22ClN3. The van der Waals surface area contributed by atoms with Crippen molar-refractivity contribution in [2.45, 2.75) is 52.0 Å². The number of aromatic amines is 1. The minimum Gasteiger partial charge on any atom is -0.344 e. The molecule has 1 saturated carbocycles. The van der Waals surface area contributed by atoms with Crippen LogP contribution in [0, 0.1) is 5.92 Å². The van der Waals surface area contributed by atoms with Gasteiger partial charge in [0.05, 0.1) is 5.69 Å². The van der Waals surface area contributed by atoms with Crippen LogP contribution in [-0.2, 0) is 13.0 Å². The van der Waals surface area contributed by atoms with Gasteiger partial charge in [-0.2, -0.15) is 0 Å². The van der Waals surface area contributed by atoms with Crippen molar-refractivity contribution < 1.29 is 0 Å². The molecule has 0 unspecified atom stereocenters. The lowest BCUT2D eigenvalue weighted by molar-refractivity contribution is 0.607. The molecule has 0 atom stereocenters. The summed E-state index contributed by atoms with van der Waals surface area (Å²) in [7, 11) is 0. The van der Waals surface area contributed by atoms with Gasteiger partial charge in [-0.25, -0.2) is 4.98 Å². The third-order valence-corrected chi connectivity index (χ3v) is 3.59. The van der Waals surface area contributed by atoms with Crippen LogP contribution in [0.4, 0.5) is 0 Å². The molecule has 1 fully saturated rings. The Labute approximate surface area is 108 Å². The Hall–Kier alpha value is -0.540. The Kier molecular flexibility index (Phi) is 4.86. The van der Waals surface area contributed by atoms with Gasteiger partial charge in [-0.3, -0.25) is 0 Å². The highest BCUT2D eigenvalue weighted by molar-refractivity contribution is 6.30. The van der Waals surface area contributed by atoms with Crippen LogP contribution >= 0.6 is 11.6 Å². The molecule has 0 amide bonds. The topological polar surface area (TPSA) is 40.7 Å². The number of aryl methyl sites for hydroxylation is 1. The first-order chi connectivity index (χ1) is 8.29. The fraction of sp³-hybridized carbons (Fsp3) is 0.769. The summed E-state index contributed by atoms with van der Waals surface area (Å²) in [4.78, 5) is 7.66. The van der Waals surface area contributed by atoms with E-state index < -0.39 is 0 Å². The summed E-state index contributed by atoms with van der Waals surface area (Å²) in [5.74, 6) is 2.01. The average molecular weight is 256 g/mol. The van der Waals surface area contributed by atoms with Crippen molar-refractivity contribution in [1.29, 1.82) is 0 Å². The summed E-state index contributed by atoms with van der Waals surface area (Å²) in [6.07, 6.45) is 7.50. The highest BCUT2D eigenvalue weighted by Crippen LogP contribution is 2.31. The molecule has 0 bridgehead atoms. The van der Waals surface area contributed by atoms with E-state index in [9.17, 15) is 0 Å². The zero-order chi connectivity index (χ0) is 12.1. The van der Waals surface area contributed by atoms with E-state index in [1.165, 1.54) is 32.1 Å². The quantitative estimate of drug-likeness (QED) is 0.700. The molecule has 1 aliphatic rings. The first kappa shape index (κ1) is 12.9. The normalized spacial score (nSPS) is 15.4. The first-order valence-corrected chi connectivity index (χ1v) is 7.11. The number of hydrogen-bond acceptors (Lipinski definition) is 2. The second-order valence-electron chi connectivity index (χ2n) is 4.97. The summed E-state index contributed by atoms with van der Waals surface area (Å²) in [5.41, 5.74) is 1.04. The summed E-state index contributed by atoms with van der Waals surface area (Å²) in [5, 5.41) is 4.06. The van der Waals surface area contributed by atoms with Gasteiger partial charge < -0.3 is 10.3 Å². The van der Waals surface area contributed by atoms with E-state index >= 15 is 0 Å². The standard InChI is InChI=1S/C13H22ClN3/c1-2-3-4-12-16-11(13(14)17-12)9-15-8-7-10-5-6-10/h10,15H,2-9H2,1H3,(H,16,17). The molecule has 2 N–H and O–H groups in total. The van der Waals surface area contributed by atoms with Gasteiger partial charge in [0.25, 0.3) is 0 Å². The maximum absolute atomic E-state index is 6.10. The van der Waals surface area contributed by atoms with Gasteiger partial charge in [0.1, 0.15) is 5.82 Å². The minimum absolute atomic E-state index is 0.634. The number of aromatic nitrogens is 2. The van der Waals surface area contributed by atoms with Crippen molar-refractivity contribution in [1.82, 2.24) is 15.3 Å². The molecule has 96 valence electrons. The molecule has 3 nitrogen and oxygen atoms in total. The SMILES string of the molecule is CCCCc1nc(Cl)c(CNCCC2CC2)[nH]1. The van der Waals surface area contributed by atoms with Crippen LogP contribution in [0.15, 0.2) is 0 Å². The fourth-order valence-electron chi connectivity index (χ4n) is 1.95. The highest BCUT2D eigenvalue weighted by atomic mass is 35.5. The van der Waals surface area contributed by atoms with Crippen LogP contribution in [0.5, 0.6) is 0 Å². The number of rotatable bonds is 8. The second kappa shape index (κ2) is 6.41. The zero-order valence-electron chi connectivity index (χ0n) is 10.6. The van der Waals surface area contributed by atoms with Crippen molar-refractivity contribution in [2.24, 2.45) is 5.92 Å². The van der Waals surface area contributed by atoms with Crippen molar-refractivity contribution in [3.63, 3.8) is 0 Å². The molecular weight excluding hydrogens is 234 g/mol. The largest absolute Gasteiger partial charge is 0.344 e. The Balaban J connectivity index is 1.72. The van der Waals surface area contributed by atoms with Gasteiger partial charge >= 0.3 is 0 Å². The van der Waals surface area contributed by atoms with Gasteiger partial charge in [-0.05, 0) is 25.3 Å². The number of H-pyrrole nitrogens is 1. The van der Waals surface area contributed by atoms with Crippen LogP contribution in [0.25, 0.3) is 0 Å². The van der Waals surface area contributed by atoms with E-state index in [1.54, 1.807) is 0 Å². The van der Waals surface area contributed by atoms with Crippen LogP contribution < -0.4 is 5.32 Å². The van der Waals surface area contributed by atoms with Crippen LogP contribution in [-0.4, -0.2) is 16.5 Å². The molecule has 1 aromatic heterocycles. The third-order valence-electron chi connectivity index (χ3n) is 3.27. The molecule has 4 heteroatoms. The van der Waals surface area contributed by atoms with Crippen molar-refractivity contribution in [3.05, 3.63) is 16.7 Å². The molecule has 1 aromatic rings. The predicted octanol–water partition coefficient (Wildman–Crippen LogP) is 3.30.